The van der Waals surface area contributed by atoms with Crippen LogP contribution in [0.1, 0.15) is 41.0 Å². The molecule has 2 aromatic heterocycles. The first kappa shape index (κ1) is 24.0. The van der Waals surface area contributed by atoms with Crippen LogP contribution in [0, 0.1) is 0 Å². The van der Waals surface area contributed by atoms with Crippen molar-refractivity contribution in [3.05, 3.63) is 95.3 Å². The lowest BCUT2D eigenvalue weighted by atomic mass is 9.94. The van der Waals surface area contributed by atoms with Crippen LogP contribution in [0.4, 0.5) is 0 Å². The summed E-state index contributed by atoms with van der Waals surface area (Å²) in [4.78, 5) is 37.3. The van der Waals surface area contributed by atoms with Gasteiger partial charge >= 0.3 is 0 Å². The molecular weight excluding hydrogens is 440 g/mol. The van der Waals surface area contributed by atoms with Crippen molar-refractivity contribution < 1.29 is 19.1 Å². The highest BCUT2D eigenvalue weighted by molar-refractivity contribution is 6.44. The van der Waals surface area contributed by atoms with Gasteiger partial charge in [0, 0.05) is 25.4 Å². The van der Waals surface area contributed by atoms with E-state index in [1.54, 1.807) is 6.07 Å². The zero-order chi connectivity index (χ0) is 24.9. The van der Waals surface area contributed by atoms with Gasteiger partial charge in [-0.2, -0.15) is 0 Å². The molecule has 0 aliphatic carbocycles. The van der Waals surface area contributed by atoms with E-state index in [0.29, 0.717) is 29.7 Å². The fraction of sp³-hybridized carbons (Fsp3) is 0.207. The van der Waals surface area contributed by atoms with E-state index in [4.69, 9.17) is 4.74 Å². The lowest BCUT2D eigenvalue weighted by Crippen LogP contribution is -2.28. The molecule has 35 heavy (non-hydrogen) atoms. The number of rotatable bonds is 9. The molecular formula is C29H28N2O4. The van der Waals surface area contributed by atoms with E-state index in [0.717, 1.165) is 27.9 Å². The number of ether oxygens (including phenoxy) is 1. The molecule has 0 aliphatic rings. The molecule has 0 saturated carbocycles. The molecule has 0 bridgehead atoms. The maximum Gasteiger partial charge on any atom is 0.292 e. The maximum absolute atomic E-state index is 13.3. The van der Waals surface area contributed by atoms with E-state index in [1.807, 2.05) is 53.9 Å². The molecule has 2 aromatic carbocycles. The molecule has 0 saturated heterocycles. The molecule has 4 aromatic rings. The minimum absolute atomic E-state index is 0.119. The van der Waals surface area contributed by atoms with E-state index < -0.39 is 11.7 Å². The largest absolute Gasteiger partial charge is 0.484 e. The predicted molar refractivity (Wildman–Crippen MR) is 136 cm³/mol. The van der Waals surface area contributed by atoms with Crippen molar-refractivity contribution in [1.82, 2.24) is 9.72 Å². The Hall–Kier alpha value is -4.19. The smallest absolute Gasteiger partial charge is 0.292 e. The summed E-state index contributed by atoms with van der Waals surface area (Å²) in [6.07, 6.45) is 2.97. The van der Waals surface area contributed by atoms with Crippen LogP contribution in [0.3, 0.4) is 0 Å². The van der Waals surface area contributed by atoms with Gasteiger partial charge in [0.1, 0.15) is 12.4 Å². The molecule has 4 rings (SSSR count). The van der Waals surface area contributed by atoms with Crippen LogP contribution in [-0.4, -0.2) is 35.5 Å². The normalized spacial score (nSPS) is 10.8. The average molecular weight is 469 g/mol. The fourth-order valence-corrected chi connectivity index (χ4v) is 4.48. The second-order valence-electron chi connectivity index (χ2n) is 8.34. The lowest BCUT2D eigenvalue weighted by Gasteiger charge is -2.12. The summed E-state index contributed by atoms with van der Waals surface area (Å²) in [6, 6.07) is 21.9. The number of carbonyl (C=O) groups is 3. The summed E-state index contributed by atoms with van der Waals surface area (Å²) >= 11 is 0. The molecule has 2 heterocycles. The van der Waals surface area contributed by atoms with Crippen LogP contribution in [0.2, 0.25) is 0 Å². The molecule has 1 N–H and O–H groups in total. The van der Waals surface area contributed by atoms with E-state index in [1.165, 1.54) is 14.0 Å². The quantitative estimate of drug-likeness (QED) is 0.286. The second-order valence-corrected chi connectivity index (χ2v) is 8.34. The summed E-state index contributed by atoms with van der Waals surface area (Å²) in [5, 5.41) is 2.45. The molecule has 6 nitrogen and oxygen atoms in total. The van der Waals surface area contributed by atoms with Crippen molar-refractivity contribution in [3.8, 4) is 16.9 Å². The molecule has 0 aliphatic heterocycles. The van der Waals surface area contributed by atoms with Crippen LogP contribution < -0.4 is 10.1 Å². The number of carbonyl (C=O) groups excluding carboxylic acids is 3. The highest BCUT2D eigenvalue weighted by Gasteiger charge is 2.28. The Kier molecular flexibility index (Phi) is 7.11. The topological polar surface area (TPSA) is 76.9 Å². The monoisotopic (exact) mass is 468 g/mol. The number of likely N-dealkylation sites (N-methyl/N-ethyl adjacent to an activating group) is 1. The van der Waals surface area contributed by atoms with Gasteiger partial charge in [-0.15, -0.1) is 0 Å². The molecule has 0 fully saturated rings. The molecule has 0 radical (unpaired) electrons. The Labute approximate surface area is 204 Å². The number of nitrogens with one attached hydrogen (secondary N) is 1. The fourth-order valence-electron chi connectivity index (χ4n) is 4.48. The Morgan fingerprint density at radius 1 is 0.943 bits per heavy atom. The van der Waals surface area contributed by atoms with Crippen molar-refractivity contribution >= 4 is 23.0 Å². The van der Waals surface area contributed by atoms with Crippen molar-refractivity contribution in [3.63, 3.8) is 0 Å². The highest BCUT2D eigenvalue weighted by atomic mass is 16.5. The number of amides is 1. The van der Waals surface area contributed by atoms with Crippen molar-refractivity contribution in [2.24, 2.45) is 0 Å². The third-order valence-electron chi connectivity index (χ3n) is 6.04. The molecule has 0 unspecified atom stereocenters. The molecule has 0 atom stereocenters. The first-order chi connectivity index (χ1) is 17.0. The zero-order valence-electron chi connectivity index (χ0n) is 20.1. The Morgan fingerprint density at radius 3 is 2.34 bits per heavy atom. The summed E-state index contributed by atoms with van der Waals surface area (Å²) in [5.41, 5.74) is 5.83. The van der Waals surface area contributed by atoms with E-state index >= 15 is 0 Å². The Balaban J connectivity index is 1.94. The number of ketones is 2. The minimum Gasteiger partial charge on any atom is -0.484 e. The minimum atomic E-state index is -0.690. The summed E-state index contributed by atoms with van der Waals surface area (Å²) in [5.74, 6) is -1.05. The first-order valence-electron chi connectivity index (χ1n) is 11.6. The van der Waals surface area contributed by atoms with Crippen LogP contribution in [0.15, 0.2) is 72.9 Å². The predicted octanol–water partition coefficient (Wildman–Crippen LogP) is 4.66. The van der Waals surface area contributed by atoms with Gasteiger partial charge in [-0.05, 0) is 47.7 Å². The van der Waals surface area contributed by atoms with Gasteiger partial charge in [0.25, 0.3) is 11.7 Å². The van der Waals surface area contributed by atoms with Gasteiger partial charge in [0.05, 0.1) is 11.1 Å². The SMILES string of the molecule is CCc1c(C(=O)C(=O)NC)c2c(OCC(C)=O)cccn2c1Cc1ccccc1-c1ccccc1. The van der Waals surface area contributed by atoms with Crippen LogP contribution >= 0.6 is 0 Å². The Bertz CT molecular complexity index is 1400. The second kappa shape index (κ2) is 10.4. The number of hydrogen-bond donors (Lipinski definition) is 1. The van der Waals surface area contributed by atoms with Gasteiger partial charge in [0.15, 0.2) is 5.78 Å². The first-order valence-corrected chi connectivity index (χ1v) is 11.6. The van der Waals surface area contributed by atoms with Gasteiger partial charge < -0.3 is 14.5 Å². The number of hydrogen-bond acceptors (Lipinski definition) is 4. The van der Waals surface area contributed by atoms with Crippen molar-refractivity contribution in [1.29, 1.82) is 0 Å². The lowest BCUT2D eigenvalue weighted by molar-refractivity contribution is -0.119. The Morgan fingerprint density at radius 2 is 1.66 bits per heavy atom. The summed E-state index contributed by atoms with van der Waals surface area (Å²) in [7, 11) is 1.44. The summed E-state index contributed by atoms with van der Waals surface area (Å²) < 4.78 is 7.71. The third kappa shape index (κ3) is 4.73. The van der Waals surface area contributed by atoms with Crippen molar-refractivity contribution in [2.45, 2.75) is 26.7 Å². The molecule has 6 heteroatoms. The van der Waals surface area contributed by atoms with Gasteiger partial charge in [-0.3, -0.25) is 14.4 Å². The maximum atomic E-state index is 13.3. The van der Waals surface area contributed by atoms with E-state index in [9.17, 15) is 14.4 Å². The number of nitrogens with zero attached hydrogens (tertiary/aromatic N) is 1. The van der Waals surface area contributed by atoms with Crippen LogP contribution in [0.5, 0.6) is 5.75 Å². The van der Waals surface area contributed by atoms with Gasteiger partial charge in [-0.25, -0.2) is 0 Å². The number of Topliss-reactive ketones (excluding diaryl/α,β-unsaturated/α-hetero) is 2. The number of fused-ring (bicyclic) bond motifs is 1. The van der Waals surface area contributed by atoms with Crippen molar-refractivity contribution in [2.75, 3.05) is 13.7 Å². The standard InChI is InChI=1S/C29H28N2O4/c1-4-22-24(17-21-13-8-9-14-23(21)20-11-6-5-7-12-20)31-16-10-15-25(35-18-19(2)32)27(31)26(22)28(33)29(34)30-3/h5-16H,4,17-18H2,1-3H3,(H,30,34). The van der Waals surface area contributed by atoms with Crippen LogP contribution in [0.25, 0.3) is 16.6 Å². The van der Waals surface area contributed by atoms with E-state index in [2.05, 4.69) is 29.6 Å². The number of benzene rings is 2. The average Bonchev–Trinajstić information content (AvgIpc) is 3.21. The molecule has 1 amide bonds. The highest BCUT2D eigenvalue weighted by Crippen LogP contribution is 2.35. The number of pyridine rings is 1. The van der Waals surface area contributed by atoms with Gasteiger partial charge in [0.2, 0.25) is 0 Å². The summed E-state index contributed by atoms with van der Waals surface area (Å²) in [6.45, 7) is 3.29. The van der Waals surface area contributed by atoms with E-state index in [-0.39, 0.29) is 12.4 Å². The zero-order valence-corrected chi connectivity index (χ0v) is 20.1. The molecule has 178 valence electrons. The van der Waals surface area contributed by atoms with Crippen LogP contribution in [-0.2, 0) is 22.4 Å². The van der Waals surface area contributed by atoms with Gasteiger partial charge in [-0.1, -0.05) is 61.5 Å². The number of aromatic nitrogens is 1. The third-order valence-corrected chi connectivity index (χ3v) is 6.04. The molecule has 0 spiro atoms.